The van der Waals surface area contributed by atoms with E-state index < -0.39 is 38.5 Å². The molecule has 3 N–H and O–H groups in total. The van der Waals surface area contributed by atoms with E-state index in [1.165, 1.54) is 16.8 Å². The molecule has 0 spiro atoms. The summed E-state index contributed by atoms with van der Waals surface area (Å²) in [5.74, 6) is 0. The van der Waals surface area contributed by atoms with Crippen LogP contribution in [0.2, 0.25) is 0 Å². The lowest BCUT2D eigenvalue weighted by molar-refractivity contribution is -0.187. The van der Waals surface area contributed by atoms with Gasteiger partial charge in [-0.15, -0.1) is 0 Å². The van der Waals surface area contributed by atoms with Gasteiger partial charge in [0.25, 0.3) is 5.56 Å². The zero-order valence-electron chi connectivity index (χ0n) is 10.7. The summed E-state index contributed by atoms with van der Waals surface area (Å²) < 4.78 is 28.1. The van der Waals surface area contributed by atoms with E-state index in [9.17, 15) is 14.5 Å². The Bertz CT molecular complexity index is 641. The minimum Gasteiger partial charge on any atom is -0.393 e. The zero-order valence-corrected chi connectivity index (χ0v) is 11.6. The summed E-state index contributed by atoms with van der Waals surface area (Å²) in [4.78, 5) is 29.8. The molecule has 2 saturated heterocycles. The van der Waals surface area contributed by atoms with Gasteiger partial charge in [-0.3, -0.25) is 13.9 Å². The normalized spacial score (nSPS) is 35.3. The van der Waals surface area contributed by atoms with Gasteiger partial charge in [-0.1, -0.05) is 6.07 Å². The molecule has 0 aliphatic carbocycles. The van der Waals surface area contributed by atoms with E-state index in [0.29, 0.717) is 0 Å². The Morgan fingerprint density at radius 3 is 2.86 bits per heavy atom. The summed E-state index contributed by atoms with van der Waals surface area (Å²) >= 11 is 0. The number of hydrogen-bond donors (Lipinski definition) is 3. The first-order valence-electron chi connectivity index (χ1n) is 6.18. The maximum absolute atomic E-state index is 11.8. The van der Waals surface area contributed by atoms with Crippen molar-refractivity contribution in [2.24, 2.45) is 0 Å². The molecule has 0 amide bonds. The van der Waals surface area contributed by atoms with Crippen LogP contribution in [-0.4, -0.2) is 50.5 Å². The van der Waals surface area contributed by atoms with Gasteiger partial charge in [-0.05, 0) is 6.07 Å². The molecular weight excluding hydrogens is 305 g/mol. The van der Waals surface area contributed by atoms with Gasteiger partial charge < -0.3 is 24.4 Å². The second-order valence-corrected chi connectivity index (χ2v) is 6.16. The Labute approximate surface area is 118 Å². The Balaban J connectivity index is 1.97. The number of aliphatic hydroxyl groups excluding tert-OH is 1. The maximum atomic E-state index is 11.8. The standard InChI is InChI=1S/C11H14NO8P/c13-5-11-6-18-8(9(11)20-21(15,16)17)10(19-11)12-4-2-1-3-7(12)14/h1-4,8-10,13H,5-6H2,(H2,15,16,17)/t8-,9+,10-,11+/m1/s1. The molecule has 2 fully saturated rings. The monoisotopic (exact) mass is 319 g/mol. The Morgan fingerprint density at radius 1 is 1.48 bits per heavy atom. The molecule has 2 bridgehead atoms. The fraction of sp³-hybridized carbons (Fsp3) is 0.545. The summed E-state index contributed by atoms with van der Waals surface area (Å²) in [6.07, 6.45) is -1.52. The highest BCUT2D eigenvalue weighted by atomic mass is 31.2. The predicted octanol–water partition coefficient (Wildman–Crippen LogP) is -1.02. The fourth-order valence-electron chi connectivity index (χ4n) is 2.69. The molecule has 9 nitrogen and oxygen atoms in total. The number of aromatic nitrogens is 1. The number of rotatable bonds is 4. The Kier molecular flexibility index (Phi) is 3.53. The number of fused-ring (bicyclic) bond motifs is 2. The van der Waals surface area contributed by atoms with Crippen molar-refractivity contribution in [1.82, 2.24) is 4.57 Å². The highest BCUT2D eigenvalue weighted by Crippen LogP contribution is 2.51. The number of pyridine rings is 1. The molecule has 0 aromatic carbocycles. The van der Waals surface area contributed by atoms with E-state index in [1.54, 1.807) is 12.1 Å². The first-order valence-corrected chi connectivity index (χ1v) is 7.71. The van der Waals surface area contributed by atoms with Crippen LogP contribution in [0.5, 0.6) is 0 Å². The summed E-state index contributed by atoms with van der Waals surface area (Å²) in [6, 6.07) is 4.49. The van der Waals surface area contributed by atoms with Crippen LogP contribution in [0.4, 0.5) is 0 Å². The third-order valence-corrected chi connectivity index (χ3v) is 4.12. The van der Waals surface area contributed by atoms with Crippen molar-refractivity contribution in [3.63, 3.8) is 0 Å². The summed E-state index contributed by atoms with van der Waals surface area (Å²) in [6.45, 7) is -0.622. The third kappa shape index (κ3) is 2.47. The summed E-state index contributed by atoms with van der Waals surface area (Å²) in [7, 11) is -4.79. The van der Waals surface area contributed by atoms with Gasteiger partial charge in [-0.2, -0.15) is 0 Å². The summed E-state index contributed by atoms with van der Waals surface area (Å²) in [5, 5.41) is 9.52. The number of hydrogen-bond acceptors (Lipinski definition) is 6. The predicted molar refractivity (Wildman–Crippen MR) is 67.3 cm³/mol. The van der Waals surface area contributed by atoms with Gasteiger partial charge in [0.1, 0.15) is 17.8 Å². The van der Waals surface area contributed by atoms with Crippen LogP contribution in [0.25, 0.3) is 0 Å². The quantitative estimate of drug-likeness (QED) is 0.602. The smallest absolute Gasteiger partial charge is 0.393 e. The average molecular weight is 319 g/mol. The van der Waals surface area contributed by atoms with Gasteiger partial charge in [0.2, 0.25) is 0 Å². The summed E-state index contributed by atoms with van der Waals surface area (Å²) in [5.41, 5.74) is -1.76. The minimum atomic E-state index is -4.79. The minimum absolute atomic E-state index is 0.0725. The molecule has 21 heavy (non-hydrogen) atoms. The van der Waals surface area contributed by atoms with Crippen LogP contribution in [0.3, 0.4) is 0 Å². The number of nitrogens with zero attached hydrogens (tertiary/aromatic N) is 1. The van der Waals surface area contributed by atoms with Crippen LogP contribution in [0, 0.1) is 0 Å². The van der Waals surface area contributed by atoms with Crippen molar-refractivity contribution in [2.75, 3.05) is 13.2 Å². The molecule has 0 radical (unpaired) electrons. The van der Waals surface area contributed by atoms with Crippen LogP contribution in [0.1, 0.15) is 6.23 Å². The van der Waals surface area contributed by atoms with Crippen LogP contribution >= 0.6 is 7.82 Å². The van der Waals surface area contributed by atoms with E-state index in [4.69, 9.17) is 23.8 Å². The average Bonchev–Trinajstić information content (AvgIpc) is 2.90. The Hall–Kier alpha value is -1.06. The number of phosphoric ester groups is 1. The molecule has 1 aromatic heterocycles. The molecule has 3 heterocycles. The fourth-order valence-corrected chi connectivity index (χ4v) is 3.30. The highest BCUT2D eigenvalue weighted by molar-refractivity contribution is 7.46. The van der Waals surface area contributed by atoms with Crippen molar-refractivity contribution in [3.05, 3.63) is 34.7 Å². The SMILES string of the molecule is O=c1ccccn1[C@@H]1O[C@@]2(CO)CO[C@@H]1[C@@H]2OP(=O)(O)O. The Morgan fingerprint density at radius 2 is 2.24 bits per heavy atom. The molecular formula is C11H14NO8P. The van der Waals surface area contributed by atoms with Gasteiger partial charge in [0.05, 0.1) is 13.2 Å². The van der Waals surface area contributed by atoms with Crippen molar-refractivity contribution >= 4 is 7.82 Å². The van der Waals surface area contributed by atoms with Crippen molar-refractivity contribution in [3.8, 4) is 0 Å². The van der Waals surface area contributed by atoms with Gasteiger partial charge >= 0.3 is 7.82 Å². The molecule has 1 aromatic rings. The largest absolute Gasteiger partial charge is 0.470 e. The molecule has 4 atom stereocenters. The van der Waals surface area contributed by atoms with Crippen LogP contribution in [-0.2, 0) is 18.6 Å². The lowest BCUT2D eigenvalue weighted by atomic mass is 10.0. The van der Waals surface area contributed by atoms with Crippen molar-refractivity contribution in [2.45, 2.75) is 24.0 Å². The van der Waals surface area contributed by atoms with Crippen molar-refractivity contribution < 1.29 is 33.5 Å². The topological polar surface area (TPSA) is 127 Å². The molecule has 0 unspecified atom stereocenters. The first kappa shape index (κ1) is 14.9. The van der Waals surface area contributed by atoms with E-state index in [0.717, 1.165) is 0 Å². The number of aliphatic hydroxyl groups is 1. The molecule has 3 rings (SSSR count). The van der Waals surface area contributed by atoms with Gasteiger partial charge in [-0.25, -0.2) is 4.57 Å². The molecule has 116 valence electrons. The lowest BCUT2D eigenvalue weighted by Crippen LogP contribution is -2.45. The third-order valence-electron chi connectivity index (χ3n) is 3.62. The molecule has 2 aliphatic rings. The van der Waals surface area contributed by atoms with E-state index >= 15 is 0 Å². The number of phosphoric acid groups is 1. The molecule has 0 saturated carbocycles. The van der Waals surface area contributed by atoms with E-state index in [-0.39, 0.29) is 12.2 Å². The first-order chi connectivity index (χ1) is 9.86. The van der Waals surface area contributed by atoms with Crippen LogP contribution < -0.4 is 5.56 Å². The molecule has 2 aliphatic heterocycles. The zero-order chi connectivity index (χ0) is 15.3. The number of ether oxygens (including phenoxy) is 2. The van der Waals surface area contributed by atoms with E-state index in [2.05, 4.69) is 0 Å². The molecule has 10 heteroatoms. The lowest BCUT2D eigenvalue weighted by Gasteiger charge is -2.30. The van der Waals surface area contributed by atoms with Crippen molar-refractivity contribution in [1.29, 1.82) is 0 Å². The van der Waals surface area contributed by atoms with Gasteiger partial charge in [0.15, 0.2) is 6.23 Å². The van der Waals surface area contributed by atoms with Gasteiger partial charge in [0, 0.05) is 12.3 Å². The van der Waals surface area contributed by atoms with Crippen LogP contribution in [0.15, 0.2) is 29.2 Å². The second kappa shape index (κ2) is 4.99. The second-order valence-electron chi connectivity index (χ2n) is 4.97. The maximum Gasteiger partial charge on any atom is 0.470 e. The van der Waals surface area contributed by atoms with E-state index in [1.807, 2.05) is 0 Å². The highest BCUT2D eigenvalue weighted by Gasteiger charge is 2.64.